The molecule has 27 heavy (non-hydrogen) atoms. The first-order valence-corrected chi connectivity index (χ1v) is 9.48. The minimum absolute atomic E-state index is 0.234. The van der Waals surface area contributed by atoms with E-state index in [0.717, 1.165) is 31.0 Å². The van der Waals surface area contributed by atoms with E-state index >= 15 is 0 Å². The number of likely N-dealkylation sites (tertiary alicyclic amines) is 1. The zero-order valence-electron chi connectivity index (χ0n) is 15.7. The highest BCUT2D eigenvalue weighted by molar-refractivity contribution is 5.29. The summed E-state index contributed by atoms with van der Waals surface area (Å²) >= 11 is 0. The maximum atomic E-state index is 5.27. The fourth-order valence-electron chi connectivity index (χ4n) is 3.73. The largest absolute Gasteiger partial charge is 0.377 e. The minimum atomic E-state index is 0.234. The maximum Gasteiger partial charge on any atom is 0.177 e. The Morgan fingerprint density at radius 3 is 2.78 bits per heavy atom. The normalized spacial score (nSPS) is 17.9. The first-order valence-electron chi connectivity index (χ1n) is 9.48. The van der Waals surface area contributed by atoms with Crippen molar-refractivity contribution in [3.8, 4) is 5.69 Å². The number of aromatic nitrogens is 4. The van der Waals surface area contributed by atoms with E-state index in [0.29, 0.717) is 12.4 Å². The summed E-state index contributed by atoms with van der Waals surface area (Å²) < 4.78 is 7.21. The van der Waals surface area contributed by atoms with Gasteiger partial charge in [0.05, 0.1) is 17.9 Å². The van der Waals surface area contributed by atoms with E-state index in [1.807, 2.05) is 23.0 Å². The summed E-state index contributed by atoms with van der Waals surface area (Å²) in [4.78, 5) is 11.6. The van der Waals surface area contributed by atoms with Crippen molar-refractivity contribution in [3.63, 3.8) is 0 Å². The van der Waals surface area contributed by atoms with Crippen molar-refractivity contribution in [2.75, 3.05) is 13.7 Å². The Balaban J connectivity index is 1.69. The van der Waals surface area contributed by atoms with Crippen molar-refractivity contribution < 1.29 is 4.74 Å². The molecule has 3 heterocycles. The number of ether oxygens (including phenoxy) is 1. The molecule has 0 saturated carbocycles. The molecule has 3 aromatic rings. The molecule has 1 unspecified atom stereocenters. The van der Waals surface area contributed by atoms with Crippen molar-refractivity contribution in [3.05, 3.63) is 72.1 Å². The van der Waals surface area contributed by atoms with Crippen LogP contribution in [0.25, 0.3) is 5.69 Å². The van der Waals surface area contributed by atoms with Crippen LogP contribution in [0.3, 0.4) is 0 Å². The Bertz CT molecular complexity index is 850. The number of piperidine rings is 1. The second-order valence-corrected chi connectivity index (χ2v) is 6.91. The molecule has 1 saturated heterocycles. The third-order valence-corrected chi connectivity index (χ3v) is 4.98. The van der Waals surface area contributed by atoms with Gasteiger partial charge in [0, 0.05) is 19.9 Å². The quantitative estimate of drug-likeness (QED) is 0.670. The van der Waals surface area contributed by atoms with E-state index < -0.39 is 0 Å². The van der Waals surface area contributed by atoms with Crippen LogP contribution in [-0.4, -0.2) is 38.3 Å². The molecular weight excluding hydrogens is 338 g/mol. The smallest absolute Gasteiger partial charge is 0.177 e. The number of benzene rings is 1. The summed E-state index contributed by atoms with van der Waals surface area (Å²) in [5.41, 5.74) is 2.27. The molecule has 0 N–H and O–H groups in total. The molecule has 1 atom stereocenters. The Morgan fingerprint density at radius 1 is 1.11 bits per heavy atom. The molecule has 0 bridgehead atoms. The molecule has 4 rings (SSSR count). The van der Waals surface area contributed by atoms with Gasteiger partial charge < -0.3 is 4.74 Å². The van der Waals surface area contributed by atoms with Gasteiger partial charge in [-0.15, -0.1) is 5.10 Å². The van der Waals surface area contributed by atoms with Gasteiger partial charge in [-0.05, 0) is 37.1 Å². The second kappa shape index (κ2) is 8.41. The van der Waals surface area contributed by atoms with Gasteiger partial charge in [-0.3, -0.25) is 9.88 Å². The van der Waals surface area contributed by atoms with E-state index in [4.69, 9.17) is 14.8 Å². The van der Waals surface area contributed by atoms with Crippen molar-refractivity contribution >= 4 is 0 Å². The van der Waals surface area contributed by atoms with Crippen LogP contribution in [0.4, 0.5) is 0 Å². The average Bonchev–Trinajstić information content (AvgIpc) is 3.14. The van der Waals surface area contributed by atoms with E-state index in [-0.39, 0.29) is 6.04 Å². The number of methoxy groups -OCH3 is 1. The predicted molar refractivity (Wildman–Crippen MR) is 103 cm³/mol. The first-order chi connectivity index (χ1) is 13.3. The van der Waals surface area contributed by atoms with Crippen LogP contribution in [0, 0.1) is 0 Å². The topological polar surface area (TPSA) is 56.1 Å². The molecule has 6 heteroatoms. The number of hydrogen-bond acceptors (Lipinski definition) is 5. The van der Waals surface area contributed by atoms with Crippen LogP contribution in [0.1, 0.15) is 42.5 Å². The molecule has 140 valence electrons. The molecule has 6 nitrogen and oxygen atoms in total. The molecule has 0 radical (unpaired) electrons. The van der Waals surface area contributed by atoms with E-state index in [1.165, 1.54) is 18.4 Å². The van der Waals surface area contributed by atoms with Crippen LogP contribution in [0.2, 0.25) is 0 Å². The van der Waals surface area contributed by atoms with E-state index in [1.54, 1.807) is 13.3 Å². The monoisotopic (exact) mass is 363 g/mol. The van der Waals surface area contributed by atoms with Gasteiger partial charge in [0.1, 0.15) is 12.4 Å². The van der Waals surface area contributed by atoms with Gasteiger partial charge in [0.2, 0.25) is 0 Å². The second-order valence-electron chi connectivity index (χ2n) is 6.91. The van der Waals surface area contributed by atoms with Gasteiger partial charge >= 0.3 is 0 Å². The summed E-state index contributed by atoms with van der Waals surface area (Å²) in [6.45, 7) is 2.40. The maximum absolute atomic E-state index is 5.27. The summed E-state index contributed by atoms with van der Waals surface area (Å²) in [6, 6.07) is 14.8. The lowest BCUT2D eigenvalue weighted by molar-refractivity contribution is 0.131. The zero-order chi connectivity index (χ0) is 18.5. The lowest BCUT2D eigenvalue weighted by Crippen LogP contribution is -2.34. The van der Waals surface area contributed by atoms with Crippen molar-refractivity contribution in [2.45, 2.75) is 38.5 Å². The summed E-state index contributed by atoms with van der Waals surface area (Å²) in [6.07, 6.45) is 7.11. The highest BCUT2D eigenvalue weighted by atomic mass is 16.5. The van der Waals surface area contributed by atoms with E-state index in [9.17, 15) is 0 Å². The van der Waals surface area contributed by atoms with Crippen LogP contribution < -0.4 is 0 Å². The molecule has 0 spiro atoms. The molecule has 1 fully saturated rings. The lowest BCUT2D eigenvalue weighted by Gasteiger charge is -2.35. The number of rotatable bonds is 6. The van der Waals surface area contributed by atoms with Crippen molar-refractivity contribution in [2.24, 2.45) is 0 Å². The molecule has 0 amide bonds. The molecule has 0 aliphatic carbocycles. The van der Waals surface area contributed by atoms with Crippen molar-refractivity contribution in [1.29, 1.82) is 0 Å². The Morgan fingerprint density at radius 2 is 2.00 bits per heavy atom. The van der Waals surface area contributed by atoms with Crippen LogP contribution >= 0.6 is 0 Å². The fraction of sp³-hybridized carbons (Fsp3) is 0.381. The highest BCUT2D eigenvalue weighted by Crippen LogP contribution is 2.32. The fourth-order valence-corrected chi connectivity index (χ4v) is 3.73. The Labute approximate surface area is 159 Å². The third kappa shape index (κ3) is 4.07. The Hall–Kier alpha value is -2.57. The zero-order valence-corrected chi connectivity index (χ0v) is 15.7. The third-order valence-electron chi connectivity index (χ3n) is 4.98. The van der Waals surface area contributed by atoms with Gasteiger partial charge in [-0.1, -0.05) is 36.8 Å². The van der Waals surface area contributed by atoms with Gasteiger partial charge in [0.25, 0.3) is 0 Å². The van der Waals surface area contributed by atoms with Crippen LogP contribution in [0.5, 0.6) is 0 Å². The summed E-state index contributed by atoms with van der Waals surface area (Å²) in [5, 5.41) is 4.70. The molecule has 1 aliphatic rings. The Kier molecular flexibility index (Phi) is 5.55. The van der Waals surface area contributed by atoms with Gasteiger partial charge in [0.15, 0.2) is 5.82 Å². The highest BCUT2D eigenvalue weighted by Gasteiger charge is 2.29. The average molecular weight is 363 g/mol. The first kappa shape index (κ1) is 17.8. The standard InChI is InChI=1S/C21H25N5O/c1-27-16-20-23-21(26(24-20)18-10-7-12-22-14-18)19-11-5-6-13-25(19)15-17-8-3-2-4-9-17/h2-4,7-10,12,14,19H,5-6,11,13,15-16H2,1H3. The van der Waals surface area contributed by atoms with Gasteiger partial charge in [-0.25, -0.2) is 9.67 Å². The molecule has 1 aliphatic heterocycles. The predicted octanol–water partition coefficient (Wildman–Crippen LogP) is 3.54. The van der Waals surface area contributed by atoms with Gasteiger partial charge in [-0.2, -0.15) is 0 Å². The molecular formula is C21H25N5O. The number of pyridine rings is 1. The lowest BCUT2D eigenvalue weighted by atomic mass is 10.00. The summed E-state index contributed by atoms with van der Waals surface area (Å²) in [7, 11) is 1.67. The van der Waals surface area contributed by atoms with Crippen LogP contribution in [0.15, 0.2) is 54.9 Å². The van der Waals surface area contributed by atoms with E-state index in [2.05, 4.69) is 40.2 Å². The molecule has 2 aromatic heterocycles. The minimum Gasteiger partial charge on any atom is -0.377 e. The van der Waals surface area contributed by atoms with Crippen LogP contribution in [-0.2, 0) is 17.9 Å². The molecule has 1 aromatic carbocycles. The summed E-state index contributed by atoms with van der Waals surface area (Å²) in [5.74, 6) is 1.69. The van der Waals surface area contributed by atoms with Crippen molar-refractivity contribution in [1.82, 2.24) is 24.6 Å². The number of nitrogens with zero attached hydrogens (tertiary/aromatic N) is 5. The SMILES string of the molecule is COCc1nc(C2CCCCN2Cc2ccccc2)n(-c2cccnc2)n1. The number of hydrogen-bond donors (Lipinski definition) is 0.